The van der Waals surface area contributed by atoms with E-state index >= 15 is 0 Å². The molecule has 0 N–H and O–H groups in total. The monoisotopic (exact) mass is 266 g/mol. The number of halogens is 2. The first kappa shape index (κ1) is 14.2. The van der Waals surface area contributed by atoms with E-state index in [0.29, 0.717) is 0 Å². The van der Waals surface area contributed by atoms with Crippen LogP contribution >= 0.6 is 0 Å². The van der Waals surface area contributed by atoms with E-state index in [0.717, 1.165) is 6.07 Å². The van der Waals surface area contributed by atoms with Crippen LogP contribution in [0.3, 0.4) is 0 Å². The van der Waals surface area contributed by atoms with Crippen LogP contribution in [0.4, 0.5) is 8.78 Å². The van der Waals surface area contributed by atoms with Gasteiger partial charge in [0.05, 0.1) is 11.2 Å². The molecule has 0 amide bonds. The summed E-state index contributed by atoms with van der Waals surface area (Å²) in [5, 5.41) is 0. The van der Waals surface area contributed by atoms with Crippen LogP contribution in [0, 0.1) is 11.6 Å². The van der Waals surface area contributed by atoms with E-state index in [4.69, 9.17) is 9.31 Å². The minimum atomic E-state index is -0.865. The van der Waals surface area contributed by atoms with Crippen LogP contribution in [0.5, 0.6) is 0 Å². The van der Waals surface area contributed by atoms with Crippen molar-refractivity contribution in [1.82, 2.24) is 0 Å². The summed E-state index contributed by atoms with van der Waals surface area (Å²) < 4.78 is 38.0. The van der Waals surface area contributed by atoms with Crippen molar-refractivity contribution >= 4 is 13.2 Å². The lowest BCUT2D eigenvalue weighted by atomic mass is 9.89. The summed E-state index contributed by atoms with van der Waals surface area (Å²) in [6.07, 6.45) is 1.47. The summed E-state index contributed by atoms with van der Waals surface area (Å²) in [5.74, 6) is -0.139. The van der Waals surface area contributed by atoms with E-state index in [1.165, 1.54) is 18.2 Å². The van der Waals surface area contributed by atoms with Crippen LogP contribution in [-0.2, 0) is 9.31 Å². The lowest BCUT2D eigenvalue weighted by molar-refractivity contribution is 0.00578. The molecule has 2 rings (SSSR count). The molecule has 0 bridgehead atoms. The van der Waals surface area contributed by atoms with Crippen LogP contribution in [0.2, 0.25) is 0 Å². The highest BCUT2D eigenvalue weighted by atomic mass is 19.2. The van der Waals surface area contributed by atoms with Gasteiger partial charge >= 0.3 is 7.12 Å². The maximum absolute atomic E-state index is 13.5. The molecule has 1 aliphatic rings. The molecule has 1 fully saturated rings. The molecule has 0 spiro atoms. The minimum Gasteiger partial charge on any atom is -0.400 e. The van der Waals surface area contributed by atoms with Crippen LogP contribution in [0.25, 0.3) is 6.08 Å². The predicted molar refractivity (Wildman–Crippen MR) is 71.5 cm³/mol. The SMILES string of the molecule is CC1(C)OB(C=Cc2cccc(F)c2F)OC1(C)C. The van der Waals surface area contributed by atoms with Gasteiger partial charge in [0.2, 0.25) is 0 Å². The van der Waals surface area contributed by atoms with Crippen LogP contribution in [0.15, 0.2) is 24.2 Å². The van der Waals surface area contributed by atoms with Crippen molar-refractivity contribution in [3.05, 3.63) is 41.4 Å². The molecule has 0 atom stereocenters. The fourth-order valence-corrected chi connectivity index (χ4v) is 1.80. The van der Waals surface area contributed by atoms with E-state index in [1.54, 1.807) is 5.98 Å². The second-order valence-electron chi connectivity index (χ2n) is 5.63. The lowest BCUT2D eigenvalue weighted by Gasteiger charge is -2.32. The average molecular weight is 266 g/mol. The first-order valence-corrected chi connectivity index (χ1v) is 6.21. The Morgan fingerprint density at radius 1 is 1.05 bits per heavy atom. The standard InChI is InChI=1S/C14H17BF2O2/c1-13(2)14(3,4)19-15(18-13)9-8-10-6-5-7-11(16)12(10)17/h5-9H,1-4H3. The third kappa shape index (κ3) is 2.72. The van der Waals surface area contributed by atoms with Gasteiger partial charge < -0.3 is 9.31 Å². The molecule has 0 unspecified atom stereocenters. The second-order valence-corrected chi connectivity index (χ2v) is 5.63. The van der Waals surface area contributed by atoms with Crippen molar-refractivity contribution in [2.45, 2.75) is 38.9 Å². The van der Waals surface area contributed by atoms with E-state index in [2.05, 4.69) is 0 Å². The Labute approximate surface area is 112 Å². The maximum atomic E-state index is 13.5. The summed E-state index contributed by atoms with van der Waals surface area (Å²) >= 11 is 0. The van der Waals surface area contributed by atoms with Crippen molar-refractivity contribution < 1.29 is 18.1 Å². The van der Waals surface area contributed by atoms with Gasteiger partial charge in [-0.3, -0.25) is 0 Å². The highest BCUT2D eigenvalue weighted by molar-refractivity contribution is 6.52. The normalized spacial score (nSPS) is 21.3. The van der Waals surface area contributed by atoms with Gasteiger partial charge in [-0.1, -0.05) is 24.2 Å². The van der Waals surface area contributed by atoms with Crippen molar-refractivity contribution in [2.24, 2.45) is 0 Å². The van der Waals surface area contributed by atoms with Crippen molar-refractivity contribution in [2.75, 3.05) is 0 Å². The van der Waals surface area contributed by atoms with E-state index in [-0.39, 0.29) is 5.56 Å². The Morgan fingerprint density at radius 3 is 2.21 bits per heavy atom. The third-order valence-corrected chi connectivity index (χ3v) is 3.69. The fraction of sp³-hybridized carbons (Fsp3) is 0.429. The molecule has 2 nitrogen and oxygen atoms in total. The summed E-state index contributed by atoms with van der Waals surface area (Å²) in [6, 6.07) is 4.05. The zero-order valence-electron chi connectivity index (χ0n) is 11.5. The maximum Gasteiger partial charge on any atom is 0.487 e. The van der Waals surface area contributed by atoms with Gasteiger partial charge in [0.25, 0.3) is 0 Å². The molecule has 0 aliphatic carbocycles. The van der Waals surface area contributed by atoms with Gasteiger partial charge in [-0.2, -0.15) is 0 Å². The van der Waals surface area contributed by atoms with Gasteiger partial charge in [-0.05, 0) is 33.8 Å². The zero-order valence-corrected chi connectivity index (χ0v) is 11.5. The molecule has 1 aromatic carbocycles. The van der Waals surface area contributed by atoms with Gasteiger partial charge in [0.15, 0.2) is 11.6 Å². The Morgan fingerprint density at radius 2 is 1.63 bits per heavy atom. The molecule has 0 aromatic heterocycles. The Bertz CT molecular complexity index is 496. The van der Waals surface area contributed by atoms with Gasteiger partial charge in [0, 0.05) is 5.56 Å². The first-order valence-electron chi connectivity index (χ1n) is 6.21. The van der Waals surface area contributed by atoms with Gasteiger partial charge in [0.1, 0.15) is 0 Å². The summed E-state index contributed by atoms with van der Waals surface area (Å²) in [6.45, 7) is 7.74. The number of benzene rings is 1. The number of hydrogen-bond acceptors (Lipinski definition) is 2. The first-order chi connectivity index (χ1) is 8.73. The van der Waals surface area contributed by atoms with E-state index in [9.17, 15) is 8.78 Å². The summed E-state index contributed by atoms with van der Waals surface area (Å²) in [5.41, 5.74) is -0.708. The molecule has 5 heteroatoms. The Balaban J connectivity index is 2.15. The Kier molecular flexibility index (Phi) is 3.54. The topological polar surface area (TPSA) is 18.5 Å². The molecular weight excluding hydrogens is 249 g/mol. The van der Waals surface area contributed by atoms with Crippen molar-refractivity contribution in [1.29, 1.82) is 0 Å². The molecule has 0 saturated carbocycles. The summed E-state index contributed by atoms with van der Waals surface area (Å²) in [4.78, 5) is 0. The largest absolute Gasteiger partial charge is 0.487 e. The Hall–Kier alpha value is -1.20. The molecular formula is C14H17BF2O2. The molecule has 19 heavy (non-hydrogen) atoms. The third-order valence-electron chi connectivity index (χ3n) is 3.69. The second kappa shape index (κ2) is 4.73. The van der Waals surface area contributed by atoms with Gasteiger partial charge in [-0.15, -0.1) is 0 Å². The zero-order chi connectivity index (χ0) is 14.3. The smallest absolute Gasteiger partial charge is 0.400 e. The van der Waals surface area contributed by atoms with E-state index < -0.39 is 30.0 Å². The van der Waals surface area contributed by atoms with Crippen LogP contribution in [-0.4, -0.2) is 18.3 Å². The predicted octanol–water partition coefficient (Wildman–Crippen LogP) is 3.61. The molecule has 102 valence electrons. The van der Waals surface area contributed by atoms with E-state index in [1.807, 2.05) is 27.7 Å². The number of rotatable bonds is 2. The molecule has 1 aromatic rings. The highest BCUT2D eigenvalue weighted by Gasteiger charge is 2.49. The molecule has 0 radical (unpaired) electrons. The molecule has 1 saturated heterocycles. The van der Waals surface area contributed by atoms with Crippen molar-refractivity contribution in [3.8, 4) is 0 Å². The highest BCUT2D eigenvalue weighted by Crippen LogP contribution is 2.37. The summed E-state index contributed by atoms with van der Waals surface area (Å²) in [7, 11) is -0.562. The molecule has 1 heterocycles. The minimum absolute atomic E-state index is 0.176. The van der Waals surface area contributed by atoms with Crippen molar-refractivity contribution in [3.63, 3.8) is 0 Å². The lowest BCUT2D eigenvalue weighted by Crippen LogP contribution is -2.41. The molecule has 1 aliphatic heterocycles. The van der Waals surface area contributed by atoms with Crippen LogP contribution in [0.1, 0.15) is 33.3 Å². The fourth-order valence-electron chi connectivity index (χ4n) is 1.80. The quantitative estimate of drug-likeness (QED) is 0.761. The van der Waals surface area contributed by atoms with Crippen LogP contribution < -0.4 is 0 Å². The average Bonchev–Trinajstić information content (AvgIpc) is 2.50. The van der Waals surface area contributed by atoms with Gasteiger partial charge in [-0.25, -0.2) is 8.78 Å². The number of hydrogen-bond donors (Lipinski definition) is 0.